The lowest BCUT2D eigenvalue weighted by molar-refractivity contribution is -0.285. The van der Waals surface area contributed by atoms with Gasteiger partial charge in [0.1, 0.15) is 18.3 Å². The van der Waals surface area contributed by atoms with E-state index in [4.69, 9.17) is 28.5 Å². The third-order valence-corrected chi connectivity index (χ3v) is 5.36. The Bertz CT molecular complexity index is 738. The van der Waals surface area contributed by atoms with Crippen LogP contribution in [-0.4, -0.2) is 90.2 Å². The Balaban J connectivity index is 1.43. The number of hydroxylamine groups is 2. The zero-order chi connectivity index (χ0) is 21.9. The van der Waals surface area contributed by atoms with Gasteiger partial charge in [-0.2, -0.15) is 0 Å². The van der Waals surface area contributed by atoms with E-state index in [2.05, 4.69) is 0 Å². The number of ether oxygens (including phenoxy) is 5. The molecule has 4 saturated heterocycles. The molecule has 0 aromatic heterocycles. The quantitative estimate of drug-likeness (QED) is 0.551. The van der Waals surface area contributed by atoms with Crippen molar-refractivity contribution in [1.29, 1.82) is 0 Å². The summed E-state index contributed by atoms with van der Waals surface area (Å²) in [6, 6.07) is 0. The van der Waals surface area contributed by atoms with E-state index in [1.54, 1.807) is 25.8 Å². The van der Waals surface area contributed by atoms with Crippen molar-refractivity contribution in [1.82, 2.24) is 9.96 Å². The molecule has 4 rings (SSSR count). The van der Waals surface area contributed by atoms with Gasteiger partial charge in [-0.15, -0.1) is 5.06 Å². The van der Waals surface area contributed by atoms with Gasteiger partial charge in [-0.3, -0.25) is 14.5 Å². The van der Waals surface area contributed by atoms with Crippen LogP contribution in [0.15, 0.2) is 0 Å². The number of fused-ring (bicyclic) bond motifs is 3. The highest BCUT2D eigenvalue weighted by atomic mass is 16.9. The number of carbonyl (C=O) groups is 3. The molecule has 4 aliphatic rings. The van der Waals surface area contributed by atoms with Gasteiger partial charge in [0.2, 0.25) is 5.79 Å². The maximum Gasteiger partial charge on any atom is 0.347 e. The molecule has 11 nitrogen and oxygen atoms in total. The fourth-order valence-electron chi connectivity index (χ4n) is 4.40. The minimum Gasteiger partial charge on any atom is -0.343 e. The lowest BCUT2D eigenvalue weighted by atomic mass is 9.96. The summed E-state index contributed by atoms with van der Waals surface area (Å²) in [6.07, 6.45) is -1.18. The standard InChI is InChI=1S/C19H28N2O9/c1-17(2)26-11-9-25-19(16(15(11)27-17)28-18(3,4)30-19)10-20(5)8-14(24)29-21-12(22)6-7-13(21)23/h11,15-16H,6-10H2,1-5H3/t11-,15-,16+,19+/m1/s1. The molecule has 0 N–H and O–H groups in total. The molecule has 0 spiro atoms. The summed E-state index contributed by atoms with van der Waals surface area (Å²) in [7, 11) is 1.68. The van der Waals surface area contributed by atoms with E-state index in [-0.39, 0.29) is 38.6 Å². The van der Waals surface area contributed by atoms with Crippen LogP contribution in [0.1, 0.15) is 40.5 Å². The van der Waals surface area contributed by atoms with Crippen molar-refractivity contribution < 1.29 is 42.9 Å². The molecule has 0 unspecified atom stereocenters. The number of amides is 2. The SMILES string of the molecule is CN(CC(=O)ON1C(=O)CCC1=O)C[C@@]12OC[C@H]3OC(C)(C)O[C@H]3[C@@H]1OC(C)(C)O2. The average molecular weight is 428 g/mol. The first-order valence-electron chi connectivity index (χ1n) is 10.0. The zero-order valence-electron chi connectivity index (χ0n) is 17.8. The lowest BCUT2D eigenvalue weighted by Crippen LogP contribution is -2.62. The fourth-order valence-corrected chi connectivity index (χ4v) is 4.40. The van der Waals surface area contributed by atoms with Gasteiger partial charge in [-0.1, -0.05) is 0 Å². The largest absolute Gasteiger partial charge is 0.347 e. The van der Waals surface area contributed by atoms with E-state index in [9.17, 15) is 14.4 Å². The summed E-state index contributed by atoms with van der Waals surface area (Å²) in [5, 5.41) is 0.531. The van der Waals surface area contributed by atoms with Crippen molar-refractivity contribution in [2.24, 2.45) is 0 Å². The van der Waals surface area contributed by atoms with Gasteiger partial charge in [0.25, 0.3) is 11.8 Å². The maximum atomic E-state index is 12.3. The van der Waals surface area contributed by atoms with Gasteiger partial charge in [0.15, 0.2) is 11.6 Å². The summed E-state index contributed by atoms with van der Waals surface area (Å²) < 4.78 is 30.3. The molecule has 4 aliphatic heterocycles. The Hall–Kier alpha value is -1.63. The minimum absolute atomic E-state index is 0.0435. The van der Waals surface area contributed by atoms with Crippen LogP contribution in [0.25, 0.3) is 0 Å². The Labute approximate surface area is 174 Å². The third kappa shape index (κ3) is 3.97. The van der Waals surface area contributed by atoms with E-state index in [0.29, 0.717) is 5.06 Å². The highest BCUT2D eigenvalue weighted by Crippen LogP contribution is 2.47. The average Bonchev–Trinajstić information content (AvgIpc) is 3.19. The molecule has 0 aromatic carbocycles. The predicted molar refractivity (Wildman–Crippen MR) is 97.2 cm³/mol. The van der Waals surface area contributed by atoms with Crippen LogP contribution in [-0.2, 0) is 42.9 Å². The highest BCUT2D eigenvalue weighted by molar-refractivity contribution is 6.01. The van der Waals surface area contributed by atoms with E-state index < -0.39 is 47.4 Å². The smallest absolute Gasteiger partial charge is 0.343 e. The van der Waals surface area contributed by atoms with Gasteiger partial charge in [-0.05, 0) is 34.7 Å². The number of hydrogen-bond donors (Lipinski definition) is 0. The Morgan fingerprint density at radius 3 is 2.43 bits per heavy atom. The Morgan fingerprint density at radius 2 is 1.77 bits per heavy atom. The first-order valence-corrected chi connectivity index (χ1v) is 10.0. The molecule has 4 heterocycles. The number of rotatable bonds is 5. The topological polar surface area (TPSA) is 113 Å². The number of imide groups is 1. The van der Waals surface area contributed by atoms with Crippen LogP contribution >= 0.6 is 0 Å². The van der Waals surface area contributed by atoms with E-state index in [1.807, 2.05) is 13.8 Å². The third-order valence-electron chi connectivity index (χ3n) is 5.36. The van der Waals surface area contributed by atoms with Gasteiger partial charge >= 0.3 is 5.97 Å². The molecule has 0 saturated carbocycles. The van der Waals surface area contributed by atoms with Crippen LogP contribution in [0.5, 0.6) is 0 Å². The van der Waals surface area contributed by atoms with Crippen molar-refractivity contribution >= 4 is 17.8 Å². The second kappa shape index (κ2) is 7.21. The van der Waals surface area contributed by atoms with E-state index in [1.165, 1.54) is 0 Å². The van der Waals surface area contributed by atoms with Gasteiger partial charge in [0, 0.05) is 12.8 Å². The summed E-state index contributed by atoms with van der Waals surface area (Å²) in [5.74, 6) is -4.65. The summed E-state index contributed by atoms with van der Waals surface area (Å²) in [4.78, 5) is 42.1. The van der Waals surface area contributed by atoms with Crippen LogP contribution in [0.3, 0.4) is 0 Å². The predicted octanol–water partition coefficient (Wildman–Crippen LogP) is -0.0765. The van der Waals surface area contributed by atoms with Gasteiger partial charge in [0.05, 0.1) is 19.7 Å². The van der Waals surface area contributed by atoms with E-state index in [0.717, 1.165) is 0 Å². The molecule has 0 radical (unpaired) electrons. The molecule has 11 heteroatoms. The lowest BCUT2D eigenvalue weighted by Gasteiger charge is -2.42. The molecule has 4 fully saturated rings. The molecule has 2 amide bonds. The Morgan fingerprint density at radius 1 is 1.10 bits per heavy atom. The second-order valence-electron chi connectivity index (χ2n) is 9.02. The summed E-state index contributed by atoms with van der Waals surface area (Å²) in [5.41, 5.74) is 0. The molecule has 168 valence electrons. The molecule has 4 atom stereocenters. The number of carbonyl (C=O) groups excluding carboxylic acids is 3. The first kappa shape index (κ1) is 21.6. The number of likely N-dealkylation sites (N-methyl/N-ethyl adjacent to an activating group) is 1. The maximum absolute atomic E-state index is 12.3. The summed E-state index contributed by atoms with van der Waals surface area (Å²) >= 11 is 0. The van der Waals surface area contributed by atoms with Crippen molar-refractivity contribution in [2.45, 2.75) is 76.2 Å². The van der Waals surface area contributed by atoms with Crippen LogP contribution < -0.4 is 0 Å². The minimum atomic E-state index is -1.18. The van der Waals surface area contributed by atoms with Crippen molar-refractivity contribution in [3.8, 4) is 0 Å². The van der Waals surface area contributed by atoms with Crippen molar-refractivity contribution in [3.05, 3.63) is 0 Å². The first-order chi connectivity index (χ1) is 13.9. The van der Waals surface area contributed by atoms with Gasteiger partial charge < -0.3 is 28.5 Å². The van der Waals surface area contributed by atoms with Crippen molar-refractivity contribution in [3.63, 3.8) is 0 Å². The number of hydrogen-bond acceptors (Lipinski definition) is 10. The highest BCUT2D eigenvalue weighted by Gasteiger charge is 2.65. The fraction of sp³-hybridized carbons (Fsp3) is 0.842. The van der Waals surface area contributed by atoms with Crippen LogP contribution in [0, 0.1) is 0 Å². The molecule has 0 aromatic rings. The molecule has 0 bridgehead atoms. The monoisotopic (exact) mass is 428 g/mol. The molecule has 30 heavy (non-hydrogen) atoms. The van der Waals surface area contributed by atoms with E-state index >= 15 is 0 Å². The Kier molecular flexibility index (Phi) is 5.19. The number of nitrogens with zero attached hydrogens (tertiary/aromatic N) is 2. The van der Waals surface area contributed by atoms with Crippen LogP contribution in [0.4, 0.5) is 0 Å². The van der Waals surface area contributed by atoms with Crippen LogP contribution in [0.2, 0.25) is 0 Å². The van der Waals surface area contributed by atoms with Crippen molar-refractivity contribution in [2.75, 3.05) is 26.7 Å². The molecule has 0 aliphatic carbocycles. The second-order valence-corrected chi connectivity index (χ2v) is 9.02. The normalized spacial score (nSPS) is 36.9. The summed E-state index contributed by atoms with van der Waals surface area (Å²) in [6.45, 7) is 7.46. The molecular formula is C19H28N2O9. The molecular weight excluding hydrogens is 400 g/mol. The van der Waals surface area contributed by atoms with Gasteiger partial charge in [-0.25, -0.2) is 4.79 Å². The zero-order valence-corrected chi connectivity index (χ0v) is 17.8.